The van der Waals surface area contributed by atoms with Crippen LogP contribution in [0.2, 0.25) is 0 Å². The van der Waals surface area contributed by atoms with Crippen LogP contribution < -0.4 is 10.1 Å². The maximum atomic E-state index is 13.9. The fourth-order valence-electron chi connectivity index (χ4n) is 3.88. The predicted molar refractivity (Wildman–Crippen MR) is 120 cm³/mol. The number of carbonyl (C=O) groups excluding carboxylic acids is 1. The number of hydrogen-bond acceptors (Lipinski definition) is 5. The lowest BCUT2D eigenvalue weighted by molar-refractivity contribution is -0.254. The van der Waals surface area contributed by atoms with Gasteiger partial charge in [0, 0.05) is 19.4 Å². The second-order valence-electron chi connectivity index (χ2n) is 8.09. The van der Waals surface area contributed by atoms with Gasteiger partial charge in [0.05, 0.1) is 12.2 Å². The van der Waals surface area contributed by atoms with Gasteiger partial charge in [0.25, 0.3) is 0 Å². The summed E-state index contributed by atoms with van der Waals surface area (Å²) in [5.41, 5.74) is 2.31. The van der Waals surface area contributed by atoms with Gasteiger partial charge in [-0.25, -0.2) is 4.39 Å². The van der Waals surface area contributed by atoms with Crippen LogP contribution >= 0.6 is 0 Å². The quantitative estimate of drug-likeness (QED) is 0.546. The fraction of sp³-hybridized carbons (Fsp3) is 0.400. The summed E-state index contributed by atoms with van der Waals surface area (Å²) in [4.78, 5) is 11.2. The minimum absolute atomic E-state index is 0.123. The van der Waals surface area contributed by atoms with E-state index in [4.69, 9.17) is 9.47 Å². The van der Waals surface area contributed by atoms with Gasteiger partial charge in [0.2, 0.25) is 12.2 Å². The maximum absolute atomic E-state index is 13.9. The number of ether oxygens (including phenoxy) is 2. The molecule has 32 heavy (non-hydrogen) atoms. The van der Waals surface area contributed by atoms with Crippen LogP contribution in [-0.4, -0.2) is 47.3 Å². The number of hydrogen-bond donors (Lipinski definition) is 3. The first-order valence-electron chi connectivity index (χ1n) is 10.7. The van der Waals surface area contributed by atoms with Crippen LogP contribution in [0.25, 0.3) is 11.1 Å². The number of amides is 1. The van der Waals surface area contributed by atoms with Crippen LogP contribution in [0.15, 0.2) is 55.1 Å². The Balaban J connectivity index is 1.87. The highest BCUT2D eigenvalue weighted by atomic mass is 19.1. The van der Waals surface area contributed by atoms with Crippen molar-refractivity contribution in [3.8, 4) is 16.9 Å². The molecule has 0 bridgehead atoms. The van der Waals surface area contributed by atoms with Gasteiger partial charge in [0.1, 0.15) is 17.7 Å². The molecule has 1 saturated heterocycles. The summed E-state index contributed by atoms with van der Waals surface area (Å²) < 4.78 is 25.7. The third kappa shape index (κ3) is 5.73. The van der Waals surface area contributed by atoms with Crippen molar-refractivity contribution in [3.05, 3.63) is 66.5 Å². The average Bonchev–Trinajstić information content (AvgIpc) is 2.76. The zero-order chi connectivity index (χ0) is 23.3. The summed E-state index contributed by atoms with van der Waals surface area (Å²) in [5.74, 6) is -0.350. The highest BCUT2D eigenvalue weighted by Crippen LogP contribution is 2.33. The molecule has 0 radical (unpaired) electrons. The molecule has 1 amide bonds. The molecular weight excluding hydrogens is 413 g/mol. The van der Waals surface area contributed by atoms with E-state index < -0.39 is 18.5 Å². The molecule has 1 heterocycles. The van der Waals surface area contributed by atoms with E-state index in [-0.39, 0.29) is 23.7 Å². The van der Waals surface area contributed by atoms with Crippen molar-refractivity contribution in [2.45, 2.75) is 51.3 Å². The highest BCUT2D eigenvalue weighted by Gasteiger charge is 2.42. The van der Waals surface area contributed by atoms with Crippen LogP contribution in [0.5, 0.6) is 5.75 Å². The van der Waals surface area contributed by atoms with E-state index in [0.717, 1.165) is 11.1 Å². The predicted octanol–water partition coefficient (Wildman–Crippen LogP) is 3.21. The topological polar surface area (TPSA) is 88.0 Å². The Hall–Kier alpha value is -2.74. The maximum Gasteiger partial charge on any atom is 0.228 e. The molecule has 0 aliphatic carbocycles. The van der Waals surface area contributed by atoms with E-state index in [0.29, 0.717) is 30.7 Å². The molecule has 0 spiro atoms. The van der Waals surface area contributed by atoms with Crippen molar-refractivity contribution in [2.24, 2.45) is 5.92 Å². The van der Waals surface area contributed by atoms with Crippen molar-refractivity contribution in [2.75, 3.05) is 6.54 Å². The lowest BCUT2D eigenvalue weighted by Crippen LogP contribution is -2.55. The third-order valence-corrected chi connectivity index (χ3v) is 5.70. The Morgan fingerprint density at radius 2 is 2.03 bits per heavy atom. The average molecular weight is 444 g/mol. The number of nitrogens with one attached hydrogen (secondary N) is 1. The lowest BCUT2D eigenvalue weighted by atomic mass is 9.89. The first-order valence-corrected chi connectivity index (χ1v) is 10.7. The molecule has 3 rings (SSSR count). The van der Waals surface area contributed by atoms with E-state index in [9.17, 15) is 19.4 Å². The van der Waals surface area contributed by atoms with E-state index in [1.165, 1.54) is 19.1 Å². The van der Waals surface area contributed by atoms with E-state index in [1.807, 2.05) is 13.0 Å². The van der Waals surface area contributed by atoms with Crippen molar-refractivity contribution in [1.29, 1.82) is 0 Å². The number of halogens is 1. The Kier molecular flexibility index (Phi) is 8.01. The molecule has 0 aromatic heterocycles. The summed E-state index contributed by atoms with van der Waals surface area (Å²) in [6.07, 6.45) is -0.851. The molecule has 0 unspecified atom stereocenters. The van der Waals surface area contributed by atoms with E-state index in [1.54, 1.807) is 30.3 Å². The monoisotopic (exact) mass is 443 g/mol. The fourth-order valence-corrected chi connectivity index (χ4v) is 3.88. The summed E-state index contributed by atoms with van der Waals surface area (Å²) in [7, 11) is 0. The van der Waals surface area contributed by atoms with Crippen LogP contribution in [0.4, 0.5) is 4.39 Å². The van der Waals surface area contributed by atoms with Crippen molar-refractivity contribution < 1.29 is 28.9 Å². The van der Waals surface area contributed by atoms with Crippen molar-refractivity contribution in [1.82, 2.24) is 5.32 Å². The Labute approximate surface area is 187 Å². The minimum Gasteiger partial charge on any atom is -0.462 e. The molecule has 1 fully saturated rings. The Bertz CT molecular complexity index is 950. The molecule has 2 aromatic carbocycles. The molecule has 1 aliphatic heterocycles. The highest BCUT2D eigenvalue weighted by molar-refractivity contribution is 5.73. The Morgan fingerprint density at radius 1 is 1.25 bits per heavy atom. The SMILES string of the molecule is C=CC[C@@H]1O[C@@H](Oc2ccc(CCNC(C)=O)c(-c3cccc(F)c3)c2)[C@H](O)[C@H](O)[C@H]1C. The number of rotatable bonds is 8. The minimum atomic E-state index is -1.22. The molecule has 3 N–H and O–H groups in total. The number of aliphatic hydroxyl groups is 2. The molecule has 1 aliphatic rings. The zero-order valence-corrected chi connectivity index (χ0v) is 18.3. The lowest BCUT2D eigenvalue weighted by Gasteiger charge is -2.41. The van der Waals surface area contributed by atoms with Gasteiger partial charge in [-0.3, -0.25) is 4.79 Å². The molecule has 5 atom stereocenters. The molecule has 0 saturated carbocycles. The van der Waals surface area contributed by atoms with Gasteiger partial charge in [-0.15, -0.1) is 6.58 Å². The van der Waals surface area contributed by atoms with Gasteiger partial charge in [-0.2, -0.15) is 0 Å². The van der Waals surface area contributed by atoms with Gasteiger partial charge in [-0.1, -0.05) is 31.2 Å². The molecule has 172 valence electrons. The summed E-state index contributed by atoms with van der Waals surface area (Å²) >= 11 is 0. The van der Waals surface area contributed by atoms with E-state index >= 15 is 0 Å². The van der Waals surface area contributed by atoms with E-state index in [2.05, 4.69) is 11.9 Å². The summed E-state index contributed by atoms with van der Waals surface area (Å²) in [5, 5.41) is 23.7. The second-order valence-corrected chi connectivity index (χ2v) is 8.09. The van der Waals surface area contributed by atoms with Crippen LogP contribution in [0.3, 0.4) is 0 Å². The molecule has 6 nitrogen and oxygen atoms in total. The van der Waals surface area contributed by atoms with Crippen LogP contribution in [0.1, 0.15) is 25.8 Å². The smallest absolute Gasteiger partial charge is 0.228 e. The number of benzene rings is 2. The Morgan fingerprint density at radius 3 is 2.72 bits per heavy atom. The second kappa shape index (κ2) is 10.7. The van der Waals surface area contributed by atoms with Gasteiger partial charge in [0.15, 0.2) is 0 Å². The van der Waals surface area contributed by atoms with Crippen LogP contribution in [0, 0.1) is 11.7 Å². The number of aliphatic hydroxyl groups excluding tert-OH is 2. The summed E-state index contributed by atoms with van der Waals surface area (Å²) in [6, 6.07) is 11.5. The standard InChI is InChI=1S/C25H30FNO5/c1-4-6-22-15(2)23(29)24(30)25(32-22)31-20-10-9-17(11-12-27-16(3)28)21(14-20)18-7-5-8-19(26)13-18/h4-5,7-10,13-15,22-25,29-30H,1,6,11-12H2,2-3H3,(H,27,28)/t15-,22-,23+,24+,25+/m0/s1. The van der Waals surface area contributed by atoms with Gasteiger partial charge in [-0.05, 0) is 53.8 Å². The summed E-state index contributed by atoms with van der Waals surface area (Å²) in [6.45, 7) is 7.42. The first-order chi connectivity index (χ1) is 15.3. The first kappa shape index (κ1) is 23.9. The van der Waals surface area contributed by atoms with Gasteiger partial charge >= 0.3 is 0 Å². The van der Waals surface area contributed by atoms with Crippen LogP contribution in [-0.2, 0) is 16.0 Å². The molecule has 2 aromatic rings. The van der Waals surface area contributed by atoms with Crippen molar-refractivity contribution in [3.63, 3.8) is 0 Å². The largest absolute Gasteiger partial charge is 0.462 e. The van der Waals surface area contributed by atoms with Crippen molar-refractivity contribution >= 4 is 5.91 Å². The zero-order valence-electron chi connectivity index (χ0n) is 18.3. The number of carbonyl (C=O) groups is 1. The molecular formula is C25H30FNO5. The van der Waals surface area contributed by atoms with Gasteiger partial charge < -0.3 is 25.0 Å². The normalized spacial score (nSPS) is 25.2. The molecule has 7 heteroatoms. The third-order valence-electron chi connectivity index (χ3n) is 5.70.